The summed E-state index contributed by atoms with van der Waals surface area (Å²) in [5.41, 5.74) is 0.601. The van der Waals surface area contributed by atoms with Crippen LogP contribution in [0.3, 0.4) is 0 Å². The molecule has 3 rings (SSSR count). The van der Waals surface area contributed by atoms with Crippen LogP contribution in [0.1, 0.15) is 0 Å². The number of imidazole rings is 1. The van der Waals surface area contributed by atoms with Crippen LogP contribution in [-0.4, -0.2) is 19.3 Å². The SMILES string of the molecule is O=[N+]([O-])c1c(-c2ccc(Cl)cc2Cl)nc2ncccn12. The van der Waals surface area contributed by atoms with Crippen molar-refractivity contribution in [1.29, 1.82) is 0 Å². The fraction of sp³-hybridized carbons (Fsp3) is 0. The Hall–Kier alpha value is -2.18. The van der Waals surface area contributed by atoms with Gasteiger partial charge >= 0.3 is 11.6 Å². The first-order chi connectivity index (χ1) is 9.58. The van der Waals surface area contributed by atoms with Crippen LogP contribution < -0.4 is 0 Å². The highest BCUT2D eigenvalue weighted by Crippen LogP contribution is 2.35. The Kier molecular flexibility index (Phi) is 3.04. The Morgan fingerprint density at radius 3 is 2.80 bits per heavy atom. The zero-order valence-electron chi connectivity index (χ0n) is 9.83. The lowest BCUT2D eigenvalue weighted by atomic mass is 10.1. The van der Waals surface area contributed by atoms with Crippen LogP contribution in [0.2, 0.25) is 10.0 Å². The van der Waals surface area contributed by atoms with Gasteiger partial charge in [-0.1, -0.05) is 23.2 Å². The summed E-state index contributed by atoms with van der Waals surface area (Å²) in [6.07, 6.45) is 3.04. The molecule has 0 aliphatic heterocycles. The van der Waals surface area contributed by atoms with Crippen molar-refractivity contribution in [3.05, 3.63) is 56.8 Å². The number of nitro groups is 1. The predicted molar refractivity (Wildman–Crippen MR) is 75.1 cm³/mol. The number of rotatable bonds is 2. The molecule has 0 saturated heterocycles. The molecule has 0 aliphatic rings. The summed E-state index contributed by atoms with van der Waals surface area (Å²) in [6.45, 7) is 0. The summed E-state index contributed by atoms with van der Waals surface area (Å²) >= 11 is 11.9. The first-order valence-electron chi connectivity index (χ1n) is 5.51. The second kappa shape index (κ2) is 4.73. The van der Waals surface area contributed by atoms with Crippen LogP contribution >= 0.6 is 23.2 Å². The Morgan fingerprint density at radius 1 is 1.30 bits per heavy atom. The van der Waals surface area contributed by atoms with Crippen molar-refractivity contribution >= 4 is 34.8 Å². The lowest BCUT2D eigenvalue weighted by Crippen LogP contribution is -1.96. The highest BCUT2D eigenvalue weighted by atomic mass is 35.5. The summed E-state index contributed by atoms with van der Waals surface area (Å²) in [5.74, 6) is 0.0533. The Balaban J connectivity index is 2.35. The van der Waals surface area contributed by atoms with Gasteiger partial charge in [-0.25, -0.2) is 0 Å². The van der Waals surface area contributed by atoms with Crippen molar-refractivity contribution < 1.29 is 4.92 Å². The van der Waals surface area contributed by atoms with E-state index < -0.39 is 4.92 Å². The summed E-state index contributed by atoms with van der Waals surface area (Å²) < 4.78 is 1.31. The molecule has 0 amide bonds. The largest absolute Gasteiger partial charge is 0.358 e. The van der Waals surface area contributed by atoms with Gasteiger partial charge in [0.05, 0.1) is 5.02 Å². The molecule has 2 aromatic heterocycles. The van der Waals surface area contributed by atoms with Crippen LogP contribution in [0.25, 0.3) is 17.0 Å². The van der Waals surface area contributed by atoms with Gasteiger partial charge in [0, 0.05) is 16.8 Å². The maximum absolute atomic E-state index is 11.3. The maximum Gasteiger partial charge on any atom is 0.357 e. The summed E-state index contributed by atoms with van der Waals surface area (Å²) in [7, 11) is 0. The smallest absolute Gasteiger partial charge is 0.357 e. The third kappa shape index (κ3) is 1.99. The van der Waals surface area contributed by atoms with E-state index in [2.05, 4.69) is 9.97 Å². The van der Waals surface area contributed by atoms with E-state index in [4.69, 9.17) is 23.2 Å². The zero-order chi connectivity index (χ0) is 14.3. The molecule has 0 spiro atoms. The highest BCUT2D eigenvalue weighted by Gasteiger charge is 2.25. The Bertz CT molecular complexity index is 831. The van der Waals surface area contributed by atoms with Crippen molar-refractivity contribution in [1.82, 2.24) is 14.4 Å². The number of hydrogen-bond acceptors (Lipinski definition) is 4. The standard InChI is InChI=1S/C12H6Cl2N4O2/c13-7-2-3-8(9(14)6-7)10-11(18(19)20)17-5-1-4-15-12(17)16-10/h1-6H. The summed E-state index contributed by atoms with van der Waals surface area (Å²) in [5, 5.41) is 12.0. The second-order valence-corrected chi connectivity index (χ2v) is 4.80. The summed E-state index contributed by atoms with van der Waals surface area (Å²) in [6, 6.07) is 6.30. The van der Waals surface area contributed by atoms with Crippen LogP contribution in [0.4, 0.5) is 5.82 Å². The normalized spacial score (nSPS) is 10.9. The van der Waals surface area contributed by atoms with E-state index in [1.54, 1.807) is 18.2 Å². The minimum absolute atomic E-state index is 0.162. The number of benzene rings is 1. The quantitative estimate of drug-likeness (QED) is 0.535. The minimum Gasteiger partial charge on any atom is -0.358 e. The monoisotopic (exact) mass is 308 g/mol. The number of aromatic nitrogens is 3. The van der Waals surface area contributed by atoms with Crippen LogP contribution in [-0.2, 0) is 0 Å². The van der Waals surface area contributed by atoms with Gasteiger partial charge in [-0.2, -0.15) is 14.4 Å². The average Bonchev–Trinajstić information content (AvgIpc) is 2.77. The molecule has 0 aliphatic carbocycles. The van der Waals surface area contributed by atoms with Gasteiger partial charge in [0.2, 0.25) is 0 Å². The van der Waals surface area contributed by atoms with E-state index >= 15 is 0 Å². The van der Waals surface area contributed by atoms with Gasteiger partial charge in [-0.05, 0) is 29.2 Å². The molecular formula is C12H6Cl2N4O2. The number of hydrogen-bond donors (Lipinski definition) is 0. The van der Waals surface area contributed by atoms with E-state index in [-0.39, 0.29) is 17.3 Å². The van der Waals surface area contributed by atoms with E-state index in [9.17, 15) is 10.1 Å². The Morgan fingerprint density at radius 2 is 2.10 bits per heavy atom. The van der Waals surface area contributed by atoms with Gasteiger partial charge in [0.15, 0.2) is 5.69 Å². The molecule has 2 heterocycles. The summed E-state index contributed by atoms with van der Waals surface area (Å²) in [4.78, 5) is 19.0. The molecular weight excluding hydrogens is 303 g/mol. The van der Waals surface area contributed by atoms with Crippen molar-refractivity contribution in [3.8, 4) is 11.3 Å². The number of fused-ring (bicyclic) bond motifs is 1. The van der Waals surface area contributed by atoms with E-state index in [0.29, 0.717) is 15.6 Å². The zero-order valence-corrected chi connectivity index (χ0v) is 11.3. The van der Waals surface area contributed by atoms with E-state index in [1.165, 1.54) is 22.9 Å². The van der Waals surface area contributed by atoms with Crippen LogP contribution in [0.5, 0.6) is 0 Å². The Labute approximate surface area is 122 Å². The molecule has 3 aromatic rings. The number of nitrogens with zero attached hydrogens (tertiary/aromatic N) is 4. The van der Waals surface area contributed by atoms with E-state index in [0.717, 1.165) is 0 Å². The van der Waals surface area contributed by atoms with Gasteiger partial charge in [0.25, 0.3) is 0 Å². The molecule has 0 radical (unpaired) electrons. The number of halogens is 2. The first kappa shape index (κ1) is 12.8. The fourth-order valence-electron chi connectivity index (χ4n) is 1.91. The molecule has 0 saturated carbocycles. The van der Waals surface area contributed by atoms with Crippen molar-refractivity contribution in [2.45, 2.75) is 0 Å². The lowest BCUT2D eigenvalue weighted by Gasteiger charge is -2.01. The van der Waals surface area contributed by atoms with Crippen molar-refractivity contribution in [2.75, 3.05) is 0 Å². The lowest BCUT2D eigenvalue weighted by molar-refractivity contribution is -0.389. The highest BCUT2D eigenvalue weighted by molar-refractivity contribution is 6.36. The van der Waals surface area contributed by atoms with Gasteiger partial charge in [-0.3, -0.25) is 0 Å². The topological polar surface area (TPSA) is 73.3 Å². The molecule has 100 valence electrons. The van der Waals surface area contributed by atoms with Crippen LogP contribution in [0.15, 0.2) is 36.7 Å². The average molecular weight is 309 g/mol. The third-order valence-corrected chi connectivity index (χ3v) is 3.29. The minimum atomic E-state index is -0.512. The molecule has 0 bridgehead atoms. The molecule has 0 unspecified atom stereocenters. The molecule has 20 heavy (non-hydrogen) atoms. The van der Waals surface area contributed by atoms with Gasteiger partial charge in [0.1, 0.15) is 6.20 Å². The first-order valence-corrected chi connectivity index (χ1v) is 6.26. The van der Waals surface area contributed by atoms with Gasteiger partial charge in [-0.15, -0.1) is 0 Å². The van der Waals surface area contributed by atoms with Crippen molar-refractivity contribution in [3.63, 3.8) is 0 Å². The molecule has 0 fully saturated rings. The molecule has 0 N–H and O–H groups in total. The molecule has 0 atom stereocenters. The molecule has 8 heteroatoms. The second-order valence-electron chi connectivity index (χ2n) is 3.95. The third-order valence-electron chi connectivity index (χ3n) is 2.74. The van der Waals surface area contributed by atoms with Crippen molar-refractivity contribution in [2.24, 2.45) is 0 Å². The van der Waals surface area contributed by atoms with Crippen LogP contribution in [0, 0.1) is 10.1 Å². The van der Waals surface area contributed by atoms with E-state index in [1.807, 2.05) is 0 Å². The molecule has 1 aromatic carbocycles. The molecule has 6 nitrogen and oxygen atoms in total. The predicted octanol–water partition coefficient (Wildman–Crippen LogP) is 3.61. The van der Waals surface area contributed by atoms with Gasteiger partial charge < -0.3 is 10.1 Å². The fourth-order valence-corrected chi connectivity index (χ4v) is 2.41. The maximum atomic E-state index is 11.3.